The number of hydrogen-bond donors (Lipinski definition) is 0. The lowest BCUT2D eigenvalue weighted by atomic mass is 9.98. The monoisotopic (exact) mass is 236 g/mol. The quantitative estimate of drug-likeness (QED) is 0.807. The minimum Gasteiger partial charge on any atom is -0.496 e. The lowest BCUT2D eigenvalue weighted by Gasteiger charge is -2.28. The number of fused-ring (bicyclic) bond motifs is 1. The zero-order chi connectivity index (χ0) is 12.4. The fourth-order valence-corrected chi connectivity index (χ4v) is 2.26. The van der Waals surface area contributed by atoms with Crippen molar-refractivity contribution < 1.29 is 14.2 Å². The summed E-state index contributed by atoms with van der Waals surface area (Å²) < 4.78 is 16.8. The van der Waals surface area contributed by atoms with Crippen molar-refractivity contribution in [1.82, 2.24) is 0 Å². The Hall–Kier alpha value is -1.22. The second-order valence-corrected chi connectivity index (χ2v) is 4.36. The summed E-state index contributed by atoms with van der Waals surface area (Å²) in [5, 5.41) is 0. The van der Waals surface area contributed by atoms with E-state index in [0.717, 1.165) is 35.5 Å². The molecule has 3 nitrogen and oxygen atoms in total. The van der Waals surface area contributed by atoms with Crippen molar-refractivity contribution in [2.24, 2.45) is 0 Å². The third-order valence-corrected chi connectivity index (χ3v) is 3.34. The molecule has 0 aromatic heterocycles. The summed E-state index contributed by atoms with van der Waals surface area (Å²) in [6.07, 6.45) is 1.79. The van der Waals surface area contributed by atoms with Crippen LogP contribution in [0.4, 0.5) is 0 Å². The van der Waals surface area contributed by atoms with E-state index in [2.05, 4.69) is 19.9 Å². The Labute approximate surface area is 103 Å². The van der Waals surface area contributed by atoms with Gasteiger partial charge in [0.1, 0.15) is 11.5 Å². The van der Waals surface area contributed by atoms with Gasteiger partial charge in [0, 0.05) is 13.0 Å². The molecule has 0 fully saturated rings. The minimum atomic E-state index is -0.0982. The zero-order valence-electron chi connectivity index (χ0n) is 11.0. The van der Waals surface area contributed by atoms with E-state index < -0.39 is 0 Å². The first-order chi connectivity index (χ1) is 8.17. The van der Waals surface area contributed by atoms with Crippen LogP contribution < -0.4 is 9.47 Å². The van der Waals surface area contributed by atoms with Crippen LogP contribution in [0.15, 0.2) is 6.07 Å². The Bertz CT molecular complexity index is 412. The standard InChI is InChI=1S/C14H20O3/c1-5-16-13-7-6-11-8-12(15-4)9(2)10(3)14(11)17-13/h8,13H,5-7H2,1-4H3. The van der Waals surface area contributed by atoms with Crippen molar-refractivity contribution in [3.8, 4) is 11.5 Å². The molecule has 0 saturated heterocycles. The van der Waals surface area contributed by atoms with Crippen LogP contribution in [0.2, 0.25) is 0 Å². The largest absolute Gasteiger partial charge is 0.496 e. The third kappa shape index (κ3) is 2.25. The smallest absolute Gasteiger partial charge is 0.200 e. The molecular formula is C14H20O3. The summed E-state index contributed by atoms with van der Waals surface area (Å²) in [5.41, 5.74) is 3.52. The number of aryl methyl sites for hydroxylation is 1. The molecule has 0 bridgehead atoms. The van der Waals surface area contributed by atoms with Crippen molar-refractivity contribution in [3.05, 3.63) is 22.8 Å². The second kappa shape index (κ2) is 4.96. The van der Waals surface area contributed by atoms with Gasteiger partial charge >= 0.3 is 0 Å². The maximum Gasteiger partial charge on any atom is 0.200 e. The highest BCUT2D eigenvalue weighted by atomic mass is 16.7. The van der Waals surface area contributed by atoms with Gasteiger partial charge in [-0.1, -0.05) is 0 Å². The Morgan fingerprint density at radius 3 is 2.76 bits per heavy atom. The van der Waals surface area contributed by atoms with Gasteiger partial charge in [-0.2, -0.15) is 0 Å². The van der Waals surface area contributed by atoms with Crippen LogP contribution in [-0.2, 0) is 11.2 Å². The van der Waals surface area contributed by atoms with Crippen LogP contribution in [0.25, 0.3) is 0 Å². The average molecular weight is 236 g/mol. The van der Waals surface area contributed by atoms with Crippen molar-refractivity contribution in [3.63, 3.8) is 0 Å². The molecule has 1 atom stereocenters. The molecule has 1 unspecified atom stereocenters. The molecule has 1 aliphatic heterocycles. The lowest BCUT2D eigenvalue weighted by Crippen LogP contribution is -2.26. The second-order valence-electron chi connectivity index (χ2n) is 4.36. The molecule has 1 aromatic carbocycles. The number of benzene rings is 1. The van der Waals surface area contributed by atoms with Gasteiger partial charge in [-0.25, -0.2) is 0 Å². The molecular weight excluding hydrogens is 216 g/mol. The predicted molar refractivity (Wildman–Crippen MR) is 66.8 cm³/mol. The molecule has 0 radical (unpaired) electrons. The highest BCUT2D eigenvalue weighted by molar-refractivity contribution is 5.53. The van der Waals surface area contributed by atoms with Crippen LogP contribution in [0.1, 0.15) is 30.0 Å². The summed E-state index contributed by atoms with van der Waals surface area (Å²) in [4.78, 5) is 0. The van der Waals surface area contributed by atoms with Crippen LogP contribution in [-0.4, -0.2) is 20.0 Å². The first-order valence-corrected chi connectivity index (χ1v) is 6.12. The SMILES string of the molecule is CCOC1CCc2cc(OC)c(C)c(C)c2O1. The molecule has 3 heteroatoms. The number of hydrogen-bond acceptors (Lipinski definition) is 3. The maximum absolute atomic E-state index is 5.91. The summed E-state index contributed by atoms with van der Waals surface area (Å²) in [5.74, 6) is 1.92. The van der Waals surface area contributed by atoms with E-state index in [0.29, 0.717) is 6.61 Å². The van der Waals surface area contributed by atoms with Crippen LogP contribution in [0.3, 0.4) is 0 Å². The first-order valence-electron chi connectivity index (χ1n) is 6.12. The number of methoxy groups -OCH3 is 1. The molecule has 94 valence electrons. The molecule has 1 aliphatic rings. The van der Waals surface area contributed by atoms with Crippen LogP contribution >= 0.6 is 0 Å². The number of ether oxygens (including phenoxy) is 3. The van der Waals surface area contributed by atoms with Gasteiger partial charge < -0.3 is 14.2 Å². The molecule has 1 heterocycles. The highest BCUT2D eigenvalue weighted by Crippen LogP contribution is 2.37. The predicted octanol–water partition coefficient (Wildman–Crippen LogP) is 3.00. The van der Waals surface area contributed by atoms with Gasteiger partial charge in [0.2, 0.25) is 0 Å². The van der Waals surface area contributed by atoms with Crippen molar-refractivity contribution >= 4 is 0 Å². The fourth-order valence-electron chi connectivity index (χ4n) is 2.26. The van der Waals surface area contributed by atoms with Crippen LogP contribution in [0.5, 0.6) is 11.5 Å². The number of rotatable bonds is 3. The van der Waals surface area contributed by atoms with Gasteiger partial charge in [-0.05, 0) is 49.9 Å². The van der Waals surface area contributed by atoms with Crippen molar-refractivity contribution in [2.75, 3.05) is 13.7 Å². The van der Waals surface area contributed by atoms with E-state index in [1.807, 2.05) is 6.92 Å². The maximum atomic E-state index is 5.91. The Morgan fingerprint density at radius 1 is 1.35 bits per heavy atom. The van der Waals surface area contributed by atoms with Crippen molar-refractivity contribution in [1.29, 1.82) is 0 Å². The van der Waals surface area contributed by atoms with E-state index in [1.165, 1.54) is 5.56 Å². The Morgan fingerprint density at radius 2 is 2.12 bits per heavy atom. The zero-order valence-corrected chi connectivity index (χ0v) is 11.0. The topological polar surface area (TPSA) is 27.7 Å². The van der Waals surface area contributed by atoms with Crippen LogP contribution in [0, 0.1) is 13.8 Å². The molecule has 0 spiro atoms. The molecule has 0 saturated carbocycles. The van der Waals surface area contributed by atoms with Crippen molar-refractivity contribution in [2.45, 2.75) is 39.9 Å². The van der Waals surface area contributed by atoms with E-state index in [9.17, 15) is 0 Å². The van der Waals surface area contributed by atoms with E-state index in [-0.39, 0.29) is 6.29 Å². The van der Waals surface area contributed by atoms with Gasteiger partial charge in [-0.3, -0.25) is 0 Å². The normalized spacial score (nSPS) is 18.5. The molecule has 2 rings (SSSR count). The summed E-state index contributed by atoms with van der Waals surface area (Å²) in [7, 11) is 1.71. The van der Waals surface area contributed by atoms with E-state index >= 15 is 0 Å². The summed E-state index contributed by atoms with van der Waals surface area (Å²) in [6.45, 7) is 6.81. The Balaban J connectivity index is 2.34. The first kappa shape index (κ1) is 12.2. The average Bonchev–Trinajstić information content (AvgIpc) is 2.34. The van der Waals surface area contributed by atoms with Gasteiger partial charge in [0.05, 0.1) is 7.11 Å². The van der Waals surface area contributed by atoms with Gasteiger partial charge in [0.25, 0.3) is 0 Å². The molecule has 0 amide bonds. The fraction of sp³-hybridized carbons (Fsp3) is 0.571. The molecule has 0 aliphatic carbocycles. The third-order valence-electron chi connectivity index (χ3n) is 3.34. The highest BCUT2D eigenvalue weighted by Gasteiger charge is 2.23. The van der Waals surface area contributed by atoms with Gasteiger partial charge in [-0.15, -0.1) is 0 Å². The molecule has 1 aromatic rings. The van der Waals surface area contributed by atoms with Gasteiger partial charge in [0.15, 0.2) is 6.29 Å². The summed E-state index contributed by atoms with van der Waals surface area (Å²) >= 11 is 0. The minimum absolute atomic E-state index is 0.0982. The molecule has 0 N–H and O–H groups in total. The Kier molecular flexibility index (Phi) is 3.57. The molecule has 17 heavy (non-hydrogen) atoms. The van der Waals surface area contributed by atoms with E-state index in [4.69, 9.17) is 14.2 Å². The lowest BCUT2D eigenvalue weighted by molar-refractivity contribution is -0.0865. The summed E-state index contributed by atoms with van der Waals surface area (Å²) in [6, 6.07) is 2.08. The van der Waals surface area contributed by atoms with E-state index in [1.54, 1.807) is 7.11 Å².